The Morgan fingerprint density at radius 2 is 2.33 bits per heavy atom. The summed E-state index contributed by atoms with van der Waals surface area (Å²) in [5.74, 6) is -0.221. The van der Waals surface area contributed by atoms with Gasteiger partial charge in [0.15, 0.2) is 0 Å². The fourth-order valence-corrected chi connectivity index (χ4v) is 2.54. The highest BCUT2D eigenvalue weighted by atomic mass is 79.9. The Kier molecular flexibility index (Phi) is 4.24. The number of halogens is 1. The van der Waals surface area contributed by atoms with Crippen LogP contribution in [0.5, 0.6) is 5.75 Å². The minimum Gasteiger partial charge on any atom is -0.507 e. The molecule has 2 atom stereocenters. The molecule has 0 bridgehead atoms. The summed E-state index contributed by atoms with van der Waals surface area (Å²) in [5.41, 5.74) is 0.308. The average molecular weight is 313 g/mol. The summed E-state index contributed by atoms with van der Waals surface area (Å²) in [6.45, 7) is 3.06. The Bertz CT molecular complexity index is 451. The molecular formula is C13H17BrN2O2. The van der Waals surface area contributed by atoms with Gasteiger partial charge in [-0.1, -0.05) is 15.9 Å². The van der Waals surface area contributed by atoms with Gasteiger partial charge in [0.25, 0.3) is 5.91 Å². The summed E-state index contributed by atoms with van der Waals surface area (Å²) in [5, 5.41) is 16.0. The Morgan fingerprint density at radius 3 is 3.06 bits per heavy atom. The van der Waals surface area contributed by atoms with E-state index < -0.39 is 0 Å². The number of amides is 1. The second-order valence-corrected chi connectivity index (χ2v) is 5.54. The zero-order valence-electron chi connectivity index (χ0n) is 10.2. The molecule has 5 heteroatoms. The topological polar surface area (TPSA) is 61.4 Å². The molecule has 1 aliphatic rings. The molecule has 0 saturated carbocycles. The van der Waals surface area contributed by atoms with E-state index in [1.165, 1.54) is 6.07 Å². The zero-order chi connectivity index (χ0) is 13.1. The lowest BCUT2D eigenvalue weighted by atomic mass is 9.99. The Morgan fingerprint density at radius 1 is 1.56 bits per heavy atom. The molecule has 0 radical (unpaired) electrons. The molecule has 1 amide bonds. The first-order valence-corrected chi connectivity index (χ1v) is 6.90. The van der Waals surface area contributed by atoms with Gasteiger partial charge in [-0.3, -0.25) is 4.79 Å². The quantitative estimate of drug-likeness (QED) is 0.783. The molecule has 2 unspecified atom stereocenters. The third-order valence-corrected chi connectivity index (χ3v) is 3.77. The highest BCUT2D eigenvalue weighted by molar-refractivity contribution is 9.10. The minimum atomic E-state index is -0.227. The molecule has 1 aliphatic heterocycles. The van der Waals surface area contributed by atoms with Gasteiger partial charge in [-0.05, 0) is 44.5 Å². The van der Waals surface area contributed by atoms with Crippen LogP contribution in [0.3, 0.4) is 0 Å². The number of carbonyl (C=O) groups is 1. The van der Waals surface area contributed by atoms with E-state index in [1.54, 1.807) is 12.1 Å². The van der Waals surface area contributed by atoms with Crippen molar-refractivity contribution in [1.82, 2.24) is 10.6 Å². The van der Waals surface area contributed by atoms with Gasteiger partial charge < -0.3 is 15.7 Å². The van der Waals surface area contributed by atoms with Crippen molar-refractivity contribution in [2.45, 2.75) is 31.8 Å². The molecule has 2 rings (SSSR count). The number of carbonyl (C=O) groups excluding carboxylic acids is 1. The molecule has 1 aromatic carbocycles. The second-order valence-electron chi connectivity index (χ2n) is 4.63. The van der Waals surface area contributed by atoms with Crippen LogP contribution in [-0.2, 0) is 0 Å². The van der Waals surface area contributed by atoms with E-state index in [-0.39, 0.29) is 23.7 Å². The summed E-state index contributed by atoms with van der Waals surface area (Å²) >= 11 is 3.30. The molecule has 0 spiro atoms. The Labute approximate surface area is 115 Å². The van der Waals surface area contributed by atoms with Crippen LogP contribution in [0, 0.1) is 0 Å². The molecule has 98 valence electrons. The molecule has 18 heavy (non-hydrogen) atoms. The van der Waals surface area contributed by atoms with Crippen molar-refractivity contribution in [3.05, 3.63) is 28.2 Å². The second kappa shape index (κ2) is 5.71. The summed E-state index contributed by atoms with van der Waals surface area (Å²) in [7, 11) is 0. The highest BCUT2D eigenvalue weighted by Gasteiger charge is 2.23. The lowest BCUT2D eigenvalue weighted by molar-refractivity contribution is 0.0917. The molecular weight excluding hydrogens is 296 g/mol. The van der Waals surface area contributed by atoms with E-state index >= 15 is 0 Å². The van der Waals surface area contributed by atoms with E-state index in [1.807, 2.05) is 0 Å². The van der Waals surface area contributed by atoms with E-state index in [4.69, 9.17) is 0 Å². The maximum atomic E-state index is 12.1. The van der Waals surface area contributed by atoms with Crippen molar-refractivity contribution >= 4 is 21.8 Å². The fourth-order valence-electron chi connectivity index (χ4n) is 2.18. The fraction of sp³-hybridized carbons (Fsp3) is 0.462. The normalized spacial score (nSPS) is 23.7. The monoisotopic (exact) mass is 312 g/mol. The van der Waals surface area contributed by atoms with Crippen LogP contribution in [0.4, 0.5) is 0 Å². The summed E-state index contributed by atoms with van der Waals surface area (Å²) in [4.78, 5) is 12.1. The first kappa shape index (κ1) is 13.4. The maximum Gasteiger partial charge on any atom is 0.255 e. The van der Waals surface area contributed by atoms with Crippen LogP contribution in [0.25, 0.3) is 0 Å². The van der Waals surface area contributed by atoms with Gasteiger partial charge in [-0.2, -0.15) is 0 Å². The summed E-state index contributed by atoms with van der Waals surface area (Å²) in [6, 6.07) is 5.23. The van der Waals surface area contributed by atoms with Gasteiger partial charge in [0.1, 0.15) is 5.75 Å². The van der Waals surface area contributed by atoms with E-state index in [0.717, 1.165) is 23.9 Å². The molecule has 3 N–H and O–H groups in total. The third-order valence-electron chi connectivity index (χ3n) is 3.28. The maximum absolute atomic E-state index is 12.1. The Hall–Kier alpha value is -1.07. The van der Waals surface area contributed by atoms with Crippen LogP contribution in [0.2, 0.25) is 0 Å². The van der Waals surface area contributed by atoms with Crippen molar-refractivity contribution in [3.63, 3.8) is 0 Å². The SMILES string of the molecule is CC1NCCCC1NC(=O)c1cc(Br)ccc1O. The number of phenols is 1. The largest absolute Gasteiger partial charge is 0.507 e. The van der Waals surface area contributed by atoms with Crippen molar-refractivity contribution in [2.24, 2.45) is 0 Å². The van der Waals surface area contributed by atoms with Crippen molar-refractivity contribution in [2.75, 3.05) is 6.54 Å². The Balaban J connectivity index is 2.09. The van der Waals surface area contributed by atoms with Gasteiger partial charge in [0.05, 0.1) is 5.56 Å². The first-order valence-electron chi connectivity index (χ1n) is 6.10. The van der Waals surface area contributed by atoms with Gasteiger partial charge in [0.2, 0.25) is 0 Å². The number of hydrogen-bond acceptors (Lipinski definition) is 3. The van der Waals surface area contributed by atoms with Crippen LogP contribution in [0.1, 0.15) is 30.1 Å². The van der Waals surface area contributed by atoms with Gasteiger partial charge >= 0.3 is 0 Å². The van der Waals surface area contributed by atoms with E-state index in [9.17, 15) is 9.90 Å². The number of hydrogen-bond donors (Lipinski definition) is 3. The van der Waals surface area contributed by atoms with Crippen LogP contribution < -0.4 is 10.6 Å². The number of nitrogens with one attached hydrogen (secondary N) is 2. The molecule has 1 saturated heterocycles. The number of aromatic hydroxyl groups is 1. The molecule has 1 aromatic rings. The summed E-state index contributed by atoms with van der Waals surface area (Å²) in [6.07, 6.45) is 2.02. The number of rotatable bonds is 2. The predicted molar refractivity (Wildman–Crippen MR) is 73.8 cm³/mol. The molecule has 4 nitrogen and oxygen atoms in total. The van der Waals surface area contributed by atoms with Crippen LogP contribution in [0.15, 0.2) is 22.7 Å². The van der Waals surface area contributed by atoms with Gasteiger partial charge in [0, 0.05) is 16.6 Å². The van der Waals surface area contributed by atoms with Crippen LogP contribution >= 0.6 is 15.9 Å². The molecule has 0 aromatic heterocycles. The number of benzene rings is 1. The van der Waals surface area contributed by atoms with Crippen molar-refractivity contribution < 1.29 is 9.90 Å². The molecule has 1 heterocycles. The summed E-state index contributed by atoms with van der Waals surface area (Å²) < 4.78 is 0.778. The number of phenolic OH excluding ortho intramolecular Hbond substituents is 1. The first-order chi connectivity index (χ1) is 8.58. The number of piperidine rings is 1. The third kappa shape index (κ3) is 3.03. The molecule has 0 aliphatic carbocycles. The van der Waals surface area contributed by atoms with E-state index in [2.05, 4.69) is 33.5 Å². The minimum absolute atomic E-state index is 0.00659. The van der Waals surface area contributed by atoms with Crippen molar-refractivity contribution in [3.8, 4) is 5.75 Å². The van der Waals surface area contributed by atoms with E-state index in [0.29, 0.717) is 5.56 Å². The zero-order valence-corrected chi connectivity index (χ0v) is 11.8. The molecule has 1 fully saturated rings. The van der Waals surface area contributed by atoms with Gasteiger partial charge in [-0.15, -0.1) is 0 Å². The average Bonchev–Trinajstić information content (AvgIpc) is 2.35. The lowest BCUT2D eigenvalue weighted by Gasteiger charge is -2.30. The van der Waals surface area contributed by atoms with Crippen LogP contribution in [-0.4, -0.2) is 29.6 Å². The predicted octanol–water partition coefficient (Wildman–Crippen LogP) is 2.02. The highest BCUT2D eigenvalue weighted by Crippen LogP contribution is 2.22. The van der Waals surface area contributed by atoms with Crippen molar-refractivity contribution in [1.29, 1.82) is 0 Å². The standard InChI is InChI=1S/C13H17BrN2O2/c1-8-11(3-2-6-15-8)16-13(18)10-7-9(14)4-5-12(10)17/h4-5,7-8,11,15,17H,2-3,6H2,1H3,(H,16,18). The van der Waals surface area contributed by atoms with Gasteiger partial charge in [-0.25, -0.2) is 0 Å². The smallest absolute Gasteiger partial charge is 0.255 e. The lowest BCUT2D eigenvalue weighted by Crippen LogP contribution is -2.51.